The minimum atomic E-state index is -0.463. The summed E-state index contributed by atoms with van der Waals surface area (Å²) in [6, 6.07) is 9.44. The molecular formula is C22H20FN5OS. The van der Waals surface area contributed by atoms with E-state index in [2.05, 4.69) is 20.5 Å². The number of rotatable bonds is 4. The lowest BCUT2D eigenvalue weighted by molar-refractivity contribution is 0.0956. The van der Waals surface area contributed by atoms with Crippen LogP contribution in [0, 0.1) is 26.7 Å². The molecule has 0 bridgehead atoms. The van der Waals surface area contributed by atoms with Gasteiger partial charge in [-0.3, -0.25) is 4.79 Å². The second kappa shape index (κ2) is 7.79. The number of hydrogen-bond donors (Lipinski definition) is 2. The Kier molecular flexibility index (Phi) is 5.17. The Morgan fingerprint density at radius 1 is 1.13 bits per heavy atom. The SMILES string of the molecule is Cc1cc(-c2ccc(CNC(=O)c3sc4nnc(C)c(C)c4c3N)cc2)cnc1F. The highest BCUT2D eigenvalue weighted by Crippen LogP contribution is 2.34. The largest absolute Gasteiger partial charge is 0.397 e. The Hall–Kier alpha value is -3.39. The molecule has 0 aliphatic heterocycles. The molecule has 6 nitrogen and oxygen atoms in total. The number of halogens is 1. The van der Waals surface area contributed by atoms with E-state index in [4.69, 9.17) is 5.73 Å². The Labute approximate surface area is 177 Å². The van der Waals surface area contributed by atoms with Gasteiger partial charge in [-0.15, -0.1) is 16.4 Å². The first-order valence-electron chi connectivity index (χ1n) is 9.36. The first-order chi connectivity index (χ1) is 14.3. The van der Waals surface area contributed by atoms with Crippen molar-refractivity contribution >= 4 is 33.1 Å². The summed E-state index contributed by atoms with van der Waals surface area (Å²) in [5.74, 6) is -0.704. The van der Waals surface area contributed by atoms with Crippen molar-refractivity contribution < 1.29 is 9.18 Å². The second-order valence-electron chi connectivity index (χ2n) is 7.15. The van der Waals surface area contributed by atoms with Gasteiger partial charge in [-0.25, -0.2) is 4.98 Å². The number of anilines is 1. The third kappa shape index (κ3) is 3.61. The predicted molar refractivity (Wildman–Crippen MR) is 117 cm³/mol. The zero-order chi connectivity index (χ0) is 21.4. The van der Waals surface area contributed by atoms with Gasteiger partial charge in [0.1, 0.15) is 9.71 Å². The van der Waals surface area contributed by atoms with E-state index in [1.807, 2.05) is 38.1 Å². The van der Waals surface area contributed by atoms with Crippen molar-refractivity contribution in [3.63, 3.8) is 0 Å². The summed E-state index contributed by atoms with van der Waals surface area (Å²) in [6.45, 7) is 5.84. The molecule has 0 spiro atoms. The number of nitrogen functional groups attached to an aromatic ring is 1. The van der Waals surface area contributed by atoms with E-state index in [-0.39, 0.29) is 5.91 Å². The molecule has 3 aromatic heterocycles. The molecule has 0 atom stereocenters. The van der Waals surface area contributed by atoms with Crippen LogP contribution in [-0.4, -0.2) is 21.1 Å². The molecule has 8 heteroatoms. The first-order valence-corrected chi connectivity index (χ1v) is 10.2. The van der Waals surface area contributed by atoms with Gasteiger partial charge in [0.25, 0.3) is 5.91 Å². The van der Waals surface area contributed by atoms with E-state index in [0.29, 0.717) is 27.5 Å². The molecule has 0 radical (unpaired) electrons. The van der Waals surface area contributed by atoms with E-state index in [1.165, 1.54) is 17.5 Å². The predicted octanol–water partition coefficient (Wildman–Crippen LogP) is 4.33. The fraction of sp³-hybridized carbons (Fsp3) is 0.182. The molecule has 4 aromatic rings. The van der Waals surface area contributed by atoms with Crippen molar-refractivity contribution in [3.8, 4) is 11.1 Å². The number of aromatic nitrogens is 3. The maximum Gasteiger partial charge on any atom is 0.263 e. The number of hydrogen-bond acceptors (Lipinski definition) is 6. The molecule has 152 valence electrons. The van der Waals surface area contributed by atoms with Gasteiger partial charge in [0.05, 0.1) is 11.4 Å². The molecule has 3 heterocycles. The number of thiophene rings is 1. The van der Waals surface area contributed by atoms with Crippen LogP contribution in [0.1, 0.15) is 32.1 Å². The number of carbonyl (C=O) groups excluding carboxylic acids is 1. The number of nitrogens with one attached hydrogen (secondary N) is 1. The minimum Gasteiger partial charge on any atom is -0.397 e. The standard InChI is InChI=1S/C22H20FN5OS/c1-11-8-16(10-25-20(11)23)15-6-4-14(5-7-15)9-26-21(29)19-18(24)17-12(2)13(3)27-28-22(17)30-19/h4-8,10H,9,24H2,1-3H3,(H,26,29). The molecule has 30 heavy (non-hydrogen) atoms. The maximum atomic E-state index is 13.4. The smallest absolute Gasteiger partial charge is 0.263 e. The number of aryl methyl sites for hydroxylation is 3. The van der Waals surface area contributed by atoms with Crippen LogP contribution in [0.15, 0.2) is 36.5 Å². The maximum absolute atomic E-state index is 13.4. The van der Waals surface area contributed by atoms with Gasteiger partial charge in [0, 0.05) is 29.3 Å². The van der Waals surface area contributed by atoms with Crippen LogP contribution in [0.25, 0.3) is 21.3 Å². The second-order valence-corrected chi connectivity index (χ2v) is 8.15. The van der Waals surface area contributed by atoms with Gasteiger partial charge in [-0.2, -0.15) is 9.49 Å². The summed E-state index contributed by atoms with van der Waals surface area (Å²) in [7, 11) is 0. The minimum absolute atomic E-state index is 0.241. The van der Waals surface area contributed by atoms with Gasteiger partial charge < -0.3 is 11.1 Å². The number of amides is 1. The fourth-order valence-corrected chi connectivity index (χ4v) is 4.22. The highest BCUT2D eigenvalue weighted by atomic mass is 32.1. The van der Waals surface area contributed by atoms with Crippen LogP contribution in [-0.2, 0) is 6.54 Å². The zero-order valence-corrected chi connectivity index (χ0v) is 17.6. The molecular weight excluding hydrogens is 401 g/mol. The molecule has 1 amide bonds. The fourth-order valence-electron chi connectivity index (χ4n) is 3.20. The van der Waals surface area contributed by atoms with Crippen molar-refractivity contribution in [1.29, 1.82) is 0 Å². The number of fused-ring (bicyclic) bond motifs is 1. The van der Waals surface area contributed by atoms with Gasteiger partial charge in [0.15, 0.2) is 0 Å². The summed E-state index contributed by atoms with van der Waals surface area (Å²) in [6.07, 6.45) is 1.51. The summed E-state index contributed by atoms with van der Waals surface area (Å²) in [4.78, 5) is 17.6. The van der Waals surface area contributed by atoms with Gasteiger partial charge in [0.2, 0.25) is 5.95 Å². The van der Waals surface area contributed by atoms with Crippen molar-refractivity contribution in [1.82, 2.24) is 20.5 Å². The molecule has 0 aliphatic rings. The molecule has 0 fully saturated rings. The molecule has 3 N–H and O–H groups in total. The summed E-state index contributed by atoms with van der Waals surface area (Å²) in [5.41, 5.74) is 11.6. The van der Waals surface area contributed by atoms with Crippen molar-refractivity contribution in [2.75, 3.05) is 5.73 Å². The summed E-state index contributed by atoms with van der Waals surface area (Å²) < 4.78 is 13.4. The zero-order valence-electron chi connectivity index (χ0n) is 16.8. The van der Waals surface area contributed by atoms with E-state index in [1.54, 1.807) is 13.0 Å². The normalized spacial score (nSPS) is 11.1. The van der Waals surface area contributed by atoms with E-state index >= 15 is 0 Å². The lowest BCUT2D eigenvalue weighted by Gasteiger charge is -2.07. The Bertz CT molecular complexity index is 1270. The molecule has 0 saturated heterocycles. The molecule has 0 saturated carbocycles. The van der Waals surface area contributed by atoms with Crippen LogP contribution >= 0.6 is 11.3 Å². The molecule has 0 aliphatic carbocycles. The van der Waals surface area contributed by atoms with Gasteiger partial charge in [-0.1, -0.05) is 24.3 Å². The van der Waals surface area contributed by atoms with Gasteiger partial charge >= 0.3 is 0 Å². The lowest BCUT2D eigenvalue weighted by atomic mass is 10.0. The highest BCUT2D eigenvalue weighted by Gasteiger charge is 2.19. The molecule has 1 aromatic carbocycles. The average Bonchev–Trinajstić information content (AvgIpc) is 3.08. The van der Waals surface area contributed by atoms with Crippen LogP contribution in [0.3, 0.4) is 0 Å². The lowest BCUT2D eigenvalue weighted by Crippen LogP contribution is -2.22. The van der Waals surface area contributed by atoms with Crippen molar-refractivity contribution in [3.05, 3.63) is 69.7 Å². The molecule has 0 unspecified atom stereocenters. The Morgan fingerprint density at radius 3 is 2.57 bits per heavy atom. The summed E-state index contributed by atoms with van der Waals surface area (Å²) in [5, 5.41) is 12.0. The third-order valence-electron chi connectivity index (χ3n) is 5.10. The quantitative estimate of drug-likeness (QED) is 0.479. The number of nitrogens with zero attached hydrogens (tertiary/aromatic N) is 3. The number of nitrogens with two attached hydrogens (primary N) is 1. The number of carbonyl (C=O) groups is 1. The van der Waals surface area contributed by atoms with Crippen molar-refractivity contribution in [2.45, 2.75) is 27.3 Å². The van der Waals surface area contributed by atoms with Crippen LogP contribution in [0.4, 0.5) is 10.1 Å². The monoisotopic (exact) mass is 421 g/mol. The van der Waals surface area contributed by atoms with Crippen LogP contribution < -0.4 is 11.1 Å². The van der Waals surface area contributed by atoms with Gasteiger partial charge in [-0.05, 0) is 43.5 Å². The van der Waals surface area contributed by atoms with E-state index < -0.39 is 5.95 Å². The Morgan fingerprint density at radius 2 is 1.87 bits per heavy atom. The highest BCUT2D eigenvalue weighted by molar-refractivity contribution is 7.21. The topological polar surface area (TPSA) is 93.8 Å². The third-order valence-corrected chi connectivity index (χ3v) is 6.18. The average molecular weight is 422 g/mol. The van der Waals surface area contributed by atoms with Crippen molar-refractivity contribution in [2.24, 2.45) is 0 Å². The van der Waals surface area contributed by atoms with E-state index in [0.717, 1.165) is 33.3 Å². The first kappa shape index (κ1) is 19.9. The van der Waals surface area contributed by atoms with E-state index in [9.17, 15) is 9.18 Å². The Balaban J connectivity index is 1.49. The summed E-state index contributed by atoms with van der Waals surface area (Å²) >= 11 is 1.24. The number of benzene rings is 1. The van der Waals surface area contributed by atoms with Crippen LogP contribution in [0.2, 0.25) is 0 Å². The number of pyridine rings is 1. The van der Waals surface area contributed by atoms with Crippen LogP contribution in [0.5, 0.6) is 0 Å². The molecule has 4 rings (SSSR count).